The van der Waals surface area contributed by atoms with E-state index in [1.54, 1.807) is 31.2 Å². The molecule has 0 bridgehead atoms. The molecule has 1 aromatic rings. The van der Waals surface area contributed by atoms with Crippen molar-refractivity contribution in [2.24, 2.45) is 5.73 Å². The molecule has 0 saturated heterocycles. The van der Waals surface area contributed by atoms with Gasteiger partial charge in [0.25, 0.3) is 5.91 Å². The lowest BCUT2D eigenvalue weighted by Gasteiger charge is -2.24. The van der Waals surface area contributed by atoms with Gasteiger partial charge in [-0.2, -0.15) is 0 Å². The number of rotatable bonds is 4. The number of anilines is 1. The van der Waals surface area contributed by atoms with Crippen LogP contribution < -0.4 is 11.1 Å². The van der Waals surface area contributed by atoms with E-state index in [1.807, 2.05) is 20.8 Å². The number of ether oxygens (including phenoxy) is 1. The molecule has 1 aromatic carbocycles. The molecule has 104 valence electrons. The Morgan fingerprint density at radius 2 is 1.84 bits per heavy atom. The lowest BCUT2D eigenvalue weighted by molar-refractivity contribution is -0.135. The maximum absolute atomic E-state index is 11.9. The van der Waals surface area contributed by atoms with Gasteiger partial charge in [-0.1, -0.05) is 12.2 Å². The van der Waals surface area contributed by atoms with E-state index in [-0.39, 0.29) is 11.5 Å². The van der Waals surface area contributed by atoms with E-state index in [4.69, 9.17) is 22.7 Å². The van der Waals surface area contributed by atoms with E-state index in [1.165, 1.54) is 0 Å². The van der Waals surface area contributed by atoms with Crippen molar-refractivity contribution in [1.29, 1.82) is 0 Å². The fraction of sp³-hybridized carbons (Fsp3) is 0.429. The Kier molecular flexibility index (Phi) is 5.03. The Morgan fingerprint density at radius 1 is 1.32 bits per heavy atom. The molecule has 5 heteroatoms. The van der Waals surface area contributed by atoms with Gasteiger partial charge >= 0.3 is 0 Å². The summed E-state index contributed by atoms with van der Waals surface area (Å²) in [5.74, 6) is -0.182. The van der Waals surface area contributed by atoms with E-state index < -0.39 is 6.10 Å². The van der Waals surface area contributed by atoms with Crippen molar-refractivity contribution in [1.82, 2.24) is 0 Å². The molecule has 0 aliphatic heterocycles. The summed E-state index contributed by atoms with van der Waals surface area (Å²) in [4.78, 5) is 12.3. The van der Waals surface area contributed by atoms with E-state index in [2.05, 4.69) is 5.32 Å². The molecule has 4 nitrogen and oxygen atoms in total. The van der Waals surface area contributed by atoms with Crippen LogP contribution in [0.1, 0.15) is 33.3 Å². The predicted octanol–water partition coefficient (Wildman–Crippen LogP) is 2.46. The normalized spacial score (nSPS) is 12.8. The standard InChI is InChI=1S/C14H20N2O2S/c1-9(18-14(2,3)4)13(17)16-11-7-5-10(6-8-11)12(15)19/h5-9H,1-4H3,(H2,15,19)(H,16,17). The molecule has 3 N–H and O–H groups in total. The summed E-state index contributed by atoms with van der Waals surface area (Å²) in [6.07, 6.45) is -0.518. The van der Waals surface area contributed by atoms with Gasteiger partial charge in [0.05, 0.1) is 5.60 Å². The van der Waals surface area contributed by atoms with Crippen molar-refractivity contribution in [3.8, 4) is 0 Å². The number of carbonyl (C=O) groups is 1. The first kappa shape index (κ1) is 15.6. The summed E-state index contributed by atoms with van der Waals surface area (Å²) in [6.45, 7) is 7.46. The van der Waals surface area contributed by atoms with E-state index in [9.17, 15) is 4.79 Å². The van der Waals surface area contributed by atoms with Crippen LogP contribution in [0.3, 0.4) is 0 Å². The second-order valence-corrected chi connectivity index (χ2v) is 5.74. The molecule has 0 saturated carbocycles. The molecular weight excluding hydrogens is 260 g/mol. The lowest BCUT2D eigenvalue weighted by Crippen LogP contribution is -2.34. The Labute approximate surface area is 119 Å². The average molecular weight is 280 g/mol. The van der Waals surface area contributed by atoms with Gasteiger partial charge in [-0.3, -0.25) is 4.79 Å². The number of nitrogens with two attached hydrogens (primary N) is 1. The third-order valence-electron chi connectivity index (χ3n) is 2.34. The quantitative estimate of drug-likeness (QED) is 0.832. The maximum atomic E-state index is 11.9. The van der Waals surface area contributed by atoms with Crippen molar-refractivity contribution < 1.29 is 9.53 Å². The Bertz CT molecular complexity index is 463. The van der Waals surface area contributed by atoms with Gasteiger partial charge in [-0.25, -0.2) is 0 Å². The SMILES string of the molecule is CC(OC(C)(C)C)C(=O)Nc1ccc(C(N)=S)cc1. The topological polar surface area (TPSA) is 64.3 Å². The van der Waals surface area contributed by atoms with Crippen LogP contribution in [-0.2, 0) is 9.53 Å². The first-order valence-electron chi connectivity index (χ1n) is 6.07. The molecule has 0 aromatic heterocycles. The predicted molar refractivity (Wildman–Crippen MR) is 81.3 cm³/mol. The van der Waals surface area contributed by atoms with E-state index in [0.29, 0.717) is 10.7 Å². The molecule has 0 spiro atoms. The van der Waals surface area contributed by atoms with Crippen LogP contribution in [0.5, 0.6) is 0 Å². The molecule has 1 unspecified atom stereocenters. The third kappa shape index (κ3) is 5.36. The summed E-state index contributed by atoms with van der Waals surface area (Å²) in [6, 6.07) is 7.06. The first-order chi connectivity index (χ1) is 8.69. The number of amides is 1. The minimum absolute atomic E-state index is 0.182. The van der Waals surface area contributed by atoms with Crippen molar-refractivity contribution in [2.75, 3.05) is 5.32 Å². The second-order valence-electron chi connectivity index (χ2n) is 5.30. The zero-order valence-corrected chi connectivity index (χ0v) is 12.5. The molecule has 1 rings (SSSR count). The van der Waals surface area contributed by atoms with Gasteiger partial charge in [0.1, 0.15) is 11.1 Å². The van der Waals surface area contributed by atoms with Crippen molar-refractivity contribution >= 4 is 28.8 Å². The van der Waals surface area contributed by atoms with Crippen LogP contribution in [0.2, 0.25) is 0 Å². The molecule has 1 amide bonds. The molecule has 0 aliphatic rings. The van der Waals surface area contributed by atoms with E-state index in [0.717, 1.165) is 5.56 Å². The van der Waals surface area contributed by atoms with Gasteiger partial charge in [-0.05, 0) is 52.0 Å². The molecule has 0 fully saturated rings. The Balaban J connectivity index is 2.64. The van der Waals surface area contributed by atoms with Crippen molar-refractivity contribution in [3.05, 3.63) is 29.8 Å². The summed E-state index contributed by atoms with van der Waals surface area (Å²) >= 11 is 4.86. The zero-order valence-electron chi connectivity index (χ0n) is 11.7. The van der Waals surface area contributed by atoms with Crippen LogP contribution in [0.15, 0.2) is 24.3 Å². The third-order valence-corrected chi connectivity index (χ3v) is 2.57. The molecule has 19 heavy (non-hydrogen) atoms. The van der Waals surface area contributed by atoms with Gasteiger partial charge in [-0.15, -0.1) is 0 Å². The van der Waals surface area contributed by atoms with Crippen LogP contribution in [0.25, 0.3) is 0 Å². The smallest absolute Gasteiger partial charge is 0.253 e. The van der Waals surface area contributed by atoms with Gasteiger partial charge in [0.2, 0.25) is 0 Å². The Morgan fingerprint density at radius 3 is 2.26 bits per heavy atom. The number of hydrogen-bond acceptors (Lipinski definition) is 3. The monoisotopic (exact) mass is 280 g/mol. The number of nitrogens with one attached hydrogen (secondary N) is 1. The minimum atomic E-state index is -0.518. The van der Waals surface area contributed by atoms with Gasteiger partial charge in [0.15, 0.2) is 0 Å². The maximum Gasteiger partial charge on any atom is 0.253 e. The number of thiocarbonyl (C=S) groups is 1. The molecule has 0 heterocycles. The first-order valence-corrected chi connectivity index (χ1v) is 6.48. The summed E-state index contributed by atoms with van der Waals surface area (Å²) < 4.78 is 5.58. The number of hydrogen-bond donors (Lipinski definition) is 2. The fourth-order valence-corrected chi connectivity index (χ4v) is 1.68. The zero-order chi connectivity index (χ0) is 14.6. The molecule has 0 radical (unpaired) electrons. The van der Waals surface area contributed by atoms with Crippen molar-refractivity contribution in [2.45, 2.75) is 39.4 Å². The van der Waals surface area contributed by atoms with Gasteiger partial charge in [0, 0.05) is 11.3 Å². The highest BCUT2D eigenvalue weighted by molar-refractivity contribution is 7.80. The van der Waals surface area contributed by atoms with Crippen LogP contribution in [0, 0.1) is 0 Å². The fourth-order valence-electron chi connectivity index (χ4n) is 1.55. The largest absolute Gasteiger partial charge is 0.389 e. The molecule has 0 aliphatic carbocycles. The average Bonchev–Trinajstić information content (AvgIpc) is 2.27. The minimum Gasteiger partial charge on any atom is -0.389 e. The molecule has 1 atom stereocenters. The highest BCUT2D eigenvalue weighted by Gasteiger charge is 2.20. The highest BCUT2D eigenvalue weighted by atomic mass is 32.1. The number of carbonyl (C=O) groups excluding carboxylic acids is 1. The van der Waals surface area contributed by atoms with Crippen LogP contribution >= 0.6 is 12.2 Å². The Hall–Kier alpha value is -1.46. The highest BCUT2D eigenvalue weighted by Crippen LogP contribution is 2.14. The van der Waals surface area contributed by atoms with Crippen LogP contribution in [-0.4, -0.2) is 22.6 Å². The summed E-state index contributed by atoms with van der Waals surface area (Å²) in [5.41, 5.74) is 6.61. The summed E-state index contributed by atoms with van der Waals surface area (Å²) in [5, 5.41) is 2.78. The molecular formula is C14H20N2O2S. The van der Waals surface area contributed by atoms with Crippen LogP contribution in [0.4, 0.5) is 5.69 Å². The van der Waals surface area contributed by atoms with Gasteiger partial charge < -0.3 is 15.8 Å². The lowest BCUT2D eigenvalue weighted by atomic mass is 10.2. The summed E-state index contributed by atoms with van der Waals surface area (Å²) in [7, 11) is 0. The second kappa shape index (κ2) is 6.12. The van der Waals surface area contributed by atoms with Crippen molar-refractivity contribution in [3.63, 3.8) is 0 Å². The van der Waals surface area contributed by atoms with E-state index >= 15 is 0 Å². The number of benzene rings is 1.